The molecular weight excluding hydrogens is 617 g/mol. The third-order valence-electron chi connectivity index (χ3n) is 11.1. The number of nitrogens with two attached hydrogens (primary N) is 1. The fraction of sp³-hybridized carbons (Fsp3) is 0.417. The van der Waals surface area contributed by atoms with Crippen molar-refractivity contribution in [2.24, 2.45) is 5.92 Å². The van der Waals surface area contributed by atoms with Crippen LogP contribution in [0.4, 0.5) is 19.6 Å². The number of anilines is 2. The monoisotopic (exact) mass is 651 g/mol. The van der Waals surface area contributed by atoms with E-state index < -0.39 is 11.6 Å². The van der Waals surface area contributed by atoms with Crippen LogP contribution in [-0.2, 0) is 0 Å². The highest BCUT2D eigenvalue weighted by Gasteiger charge is 2.53. The molecule has 1 aliphatic carbocycles. The Labute approximate surface area is 275 Å². The van der Waals surface area contributed by atoms with Gasteiger partial charge >= 0.3 is 6.01 Å². The zero-order valence-corrected chi connectivity index (χ0v) is 26.9. The molecule has 9 rings (SSSR count). The summed E-state index contributed by atoms with van der Waals surface area (Å²) in [5.74, 6) is -0.464. The molecule has 6 heterocycles. The standard InChI is InChI=1S/C36H35F2N7OS/c1-19-11-35(12-20(2)15-45(35)14-19)18-46-34-41-31-24(33(42-34)44-16-22-8-9-36(17-44,43-22)21-6-7-21)10-26(37)29(30(31)38)23-4-3-5-27-28(23)25(13-39)32(40)47-27/h3-5,10,21-22,43H,1-2,6-9,11-12,14-18,40H2/t22-,36+/m0/s1. The fourth-order valence-corrected chi connectivity index (χ4v) is 9.96. The number of nitrogen functional groups attached to an aromatic ring is 1. The van der Waals surface area contributed by atoms with E-state index in [1.165, 1.54) is 30.2 Å². The molecule has 0 radical (unpaired) electrons. The molecule has 3 N–H and O–H groups in total. The molecule has 0 unspecified atom stereocenters. The molecule has 5 aliphatic rings. The summed E-state index contributed by atoms with van der Waals surface area (Å²) in [7, 11) is 0. The first kappa shape index (κ1) is 29.1. The minimum atomic E-state index is -0.812. The first-order valence-electron chi connectivity index (χ1n) is 16.3. The lowest BCUT2D eigenvalue weighted by Gasteiger charge is -2.42. The first-order valence-corrected chi connectivity index (χ1v) is 17.1. The number of nitriles is 1. The van der Waals surface area contributed by atoms with E-state index in [0.29, 0.717) is 51.9 Å². The van der Waals surface area contributed by atoms with Crippen molar-refractivity contribution in [3.05, 3.63) is 65.8 Å². The quantitative estimate of drug-likeness (QED) is 0.234. The molecule has 4 aliphatic heterocycles. The number of benzene rings is 2. The second-order valence-electron chi connectivity index (χ2n) is 14.3. The van der Waals surface area contributed by atoms with E-state index in [-0.39, 0.29) is 45.3 Å². The van der Waals surface area contributed by atoms with Gasteiger partial charge in [-0.2, -0.15) is 15.2 Å². The number of fused-ring (bicyclic) bond motifs is 5. The Hall–Kier alpha value is -4.11. The van der Waals surface area contributed by atoms with Gasteiger partial charge in [-0.25, -0.2) is 8.78 Å². The number of ether oxygens (including phenoxy) is 1. The first-order chi connectivity index (χ1) is 22.7. The predicted molar refractivity (Wildman–Crippen MR) is 181 cm³/mol. The van der Waals surface area contributed by atoms with E-state index in [1.54, 1.807) is 18.2 Å². The zero-order chi connectivity index (χ0) is 32.2. The van der Waals surface area contributed by atoms with E-state index in [9.17, 15) is 5.26 Å². The van der Waals surface area contributed by atoms with E-state index in [0.717, 1.165) is 49.9 Å². The number of thiophene rings is 1. The van der Waals surface area contributed by atoms with Gasteiger partial charge in [-0.1, -0.05) is 36.4 Å². The van der Waals surface area contributed by atoms with Crippen molar-refractivity contribution in [1.29, 1.82) is 5.26 Å². The zero-order valence-electron chi connectivity index (χ0n) is 26.0. The number of aromatic nitrogens is 2. The van der Waals surface area contributed by atoms with Crippen LogP contribution in [0.5, 0.6) is 6.01 Å². The van der Waals surface area contributed by atoms with Crippen LogP contribution in [0, 0.1) is 28.9 Å². The smallest absolute Gasteiger partial charge is 0.319 e. The van der Waals surface area contributed by atoms with Gasteiger partial charge in [0.1, 0.15) is 34.8 Å². The second kappa shape index (κ2) is 10.2. The Morgan fingerprint density at radius 2 is 1.94 bits per heavy atom. The van der Waals surface area contributed by atoms with Crippen LogP contribution < -0.4 is 20.7 Å². The molecule has 47 heavy (non-hydrogen) atoms. The predicted octanol–water partition coefficient (Wildman–Crippen LogP) is 6.30. The third-order valence-corrected chi connectivity index (χ3v) is 12.1. The average Bonchev–Trinajstić information content (AvgIpc) is 3.61. The van der Waals surface area contributed by atoms with Crippen LogP contribution in [0.25, 0.3) is 32.1 Å². The average molecular weight is 652 g/mol. The van der Waals surface area contributed by atoms with Gasteiger partial charge in [-0.15, -0.1) is 11.3 Å². The van der Waals surface area contributed by atoms with Crippen LogP contribution >= 0.6 is 11.3 Å². The van der Waals surface area contributed by atoms with Gasteiger partial charge in [0.15, 0.2) is 5.82 Å². The van der Waals surface area contributed by atoms with Crippen molar-refractivity contribution >= 4 is 43.1 Å². The minimum absolute atomic E-state index is 0.00696. The van der Waals surface area contributed by atoms with Crippen LogP contribution in [-0.4, -0.2) is 64.8 Å². The van der Waals surface area contributed by atoms with Gasteiger partial charge < -0.3 is 20.7 Å². The van der Waals surface area contributed by atoms with Gasteiger partial charge in [0, 0.05) is 53.2 Å². The Bertz CT molecular complexity index is 2060. The van der Waals surface area contributed by atoms with Crippen molar-refractivity contribution in [2.45, 2.75) is 55.6 Å². The third kappa shape index (κ3) is 4.41. The summed E-state index contributed by atoms with van der Waals surface area (Å²) in [6.07, 6.45) is 6.10. The molecule has 1 saturated carbocycles. The summed E-state index contributed by atoms with van der Waals surface area (Å²) in [4.78, 5) is 14.1. The molecule has 4 saturated heterocycles. The Kier molecular flexibility index (Phi) is 6.30. The Morgan fingerprint density at radius 1 is 1.15 bits per heavy atom. The van der Waals surface area contributed by atoms with Gasteiger partial charge in [0.2, 0.25) is 0 Å². The van der Waals surface area contributed by atoms with Crippen LogP contribution in [0.15, 0.2) is 48.6 Å². The number of halogens is 2. The summed E-state index contributed by atoms with van der Waals surface area (Å²) in [6, 6.07) is 8.98. The maximum Gasteiger partial charge on any atom is 0.319 e. The molecule has 2 aromatic carbocycles. The maximum absolute atomic E-state index is 17.0. The van der Waals surface area contributed by atoms with E-state index in [1.807, 2.05) is 0 Å². The lowest BCUT2D eigenvalue weighted by atomic mass is 9.90. The minimum Gasteiger partial charge on any atom is -0.461 e. The number of rotatable bonds is 6. The number of nitrogens with one attached hydrogen (secondary N) is 1. The molecule has 8 nitrogen and oxygen atoms in total. The highest BCUT2D eigenvalue weighted by atomic mass is 32.1. The van der Waals surface area contributed by atoms with Crippen molar-refractivity contribution in [3.63, 3.8) is 0 Å². The maximum atomic E-state index is 17.0. The summed E-state index contributed by atoms with van der Waals surface area (Å²) < 4.78 is 40.4. The van der Waals surface area contributed by atoms with E-state index >= 15 is 8.78 Å². The van der Waals surface area contributed by atoms with Crippen LogP contribution in [0.2, 0.25) is 0 Å². The summed E-state index contributed by atoms with van der Waals surface area (Å²) >= 11 is 1.23. The fourth-order valence-electron chi connectivity index (χ4n) is 9.01. The molecule has 2 atom stereocenters. The van der Waals surface area contributed by atoms with Gasteiger partial charge in [-0.3, -0.25) is 4.90 Å². The molecule has 5 fully saturated rings. The van der Waals surface area contributed by atoms with Crippen molar-refractivity contribution < 1.29 is 13.5 Å². The highest BCUT2D eigenvalue weighted by Crippen LogP contribution is 2.49. The Morgan fingerprint density at radius 3 is 2.68 bits per heavy atom. The van der Waals surface area contributed by atoms with Gasteiger partial charge in [0.25, 0.3) is 0 Å². The molecule has 2 aromatic heterocycles. The SMILES string of the molecule is C=C1CN2CC(=C)CC2(COc2nc(N3C[C@@H]4CC[C@](C5CC5)(C3)N4)c3cc(F)c(-c4cccc5sc(N)c(C#N)c45)c(F)c3n2)C1. The molecule has 0 amide bonds. The number of piperazine rings is 1. The molecule has 2 bridgehead atoms. The van der Waals surface area contributed by atoms with Gasteiger partial charge in [0.05, 0.1) is 16.7 Å². The lowest BCUT2D eigenvalue weighted by Crippen LogP contribution is -2.61. The molecule has 240 valence electrons. The molecular formula is C36H35F2N7OS. The van der Waals surface area contributed by atoms with Crippen molar-refractivity contribution in [2.75, 3.05) is 43.4 Å². The summed E-state index contributed by atoms with van der Waals surface area (Å²) in [5.41, 5.74) is 8.37. The van der Waals surface area contributed by atoms with Gasteiger partial charge in [-0.05, 0) is 62.1 Å². The topological polar surface area (TPSA) is 103 Å². The largest absolute Gasteiger partial charge is 0.461 e. The molecule has 11 heteroatoms. The lowest BCUT2D eigenvalue weighted by molar-refractivity contribution is 0.108. The van der Waals surface area contributed by atoms with Crippen LogP contribution in [0.1, 0.15) is 44.1 Å². The normalized spacial score (nSPS) is 25.2. The Balaban J connectivity index is 1.20. The van der Waals surface area contributed by atoms with E-state index in [4.69, 9.17) is 15.5 Å². The molecule has 4 aromatic rings. The molecule has 0 spiro atoms. The van der Waals surface area contributed by atoms with Crippen molar-refractivity contribution in [3.8, 4) is 23.2 Å². The number of nitrogens with zero attached hydrogens (tertiary/aromatic N) is 5. The van der Waals surface area contributed by atoms with Crippen LogP contribution in [0.3, 0.4) is 0 Å². The summed E-state index contributed by atoms with van der Waals surface area (Å²) in [5, 5.41) is 14.8. The number of hydrogen-bond donors (Lipinski definition) is 2. The number of hydrogen-bond acceptors (Lipinski definition) is 9. The van der Waals surface area contributed by atoms with Crippen molar-refractivity contribution in [1.82, 2.24) is 20.2 Å². The van der Waals surface area contributed by atoms with E-state index in [2.05, 4.69) is 39.3 Å². The summed E-state index contributed by atoms with van der Waals surface area (Å²) in [6.45, 7) is 11.7. The second-order valence-corrected chi connectivity index (χ2v) is 15.4. The highest BCUT2D eigenvalue weighted by molar-refractivity contribution is 7.23.